The van der Waals surface area contributed by atoms with E-state index >= 15 is 0 Å². The molecule has 4 nitrogen and oxygen atoms in total. The first-order chi connectivity index (χ1) is 8.76. The van der Waals surface area contributed by atoms with Crippen LogP contribution in [0.4, 0.5) is 5.69 Å². The SMILES string of the molecule is CCS(=O)(=O)Nc1ccc(C(=O)C(C)C(C)C)cc1. The summed E-state index contributed by atoms with van der Waals surface area (Å²) in [6, 6.07) is 6.56. The van der Waals surface area contributed by atoms with E-state index in [0.717, 1.165) is 0 Å². The molecule has 0 saturated heterocycles. The molecule has 1 atom stereocenters. The maximum absolute atomic E-state index is 12.1. The predicted molar refractivity (Wildman–Crippen MR) is 77.9 cm³/mol. The summed E-state index contributed by atoms with van der Waals surface area (Å²) in [5.41, 5.74) is 1.09. The lowest BCUT2D eigenvalue weighted by Gasteiger charge is -2.14. The maximum atomic E-state index is 12.1. The molecule has 0 aromatic heterocycles. The van der Waals surface area contributed by atoms with Gasteiger partial charge in [-0.3, -0.25) is 9.52 Å². The Balaban J connectivity index is 2.85. The van der Waals surface area contributed by atoms with Crippen molar-refractivity contribution in [1.82, 2.24) is 0 Å². The van der Waals surface area contributed by atoms with Gasteiger partial charge in [0.2, 0.25) is 10.0 Å². The summed E-state index contributed by atoms with van der Waals surface area (Å²) in [7, 11) is -3.27. The van der Waals surface area contributed by atoms with Gasteiger partial charge in [-0.2, -0.15) is 0 Å². The van der Waals surface area contributed by atoms with E-state index in [2.05, 4.69) is 4.72 Å². The summed E-state index contributed by atoms with van der Waals surface area (Å²) in [5, 5.41) is 0. The summed E-state index contributed by atoms with van der Waals surface area (Å²) in [5.74, 6) is 0.349. The summed E-state index contributed by atoms with van der Waals surface area (Å²) in [6.07, 6.45) is 0. The van der Waals surface area contributed by atoms with E-state index in [0.29, 0.717) is 11.3 Å². The molecular weight excluding hydrogens is 262 g/mol. The van der Waals surface area contributed by atoms with E-state index in [-0.39, 0.29) is 23.4 Å². The number of Topliss-reactive ketones (excluding diaryl/α,β-unsaturated/α-hetero) is 1. The maximum Gasteiger partial charge on any atom is 0.232 e. The molecule has 0 radical (unpaired) electrons. The topological polar surface area (TPSA) is 63.2 Å². The van der Waals surface area contributed by atoms with Crippen LogP contribution in [0.3, 0.4) is 0 Å². The van der Waals surface area contributed by atoms with Crippen molar-refractivity contribution >= 4 is 21.5 Å². The first kappa shape index (κ1) is 15.7. The van der Waals surface area contributed by atoms with Crippen molar-refractivity contribution in [1.29, 1.82) is 0 Å². The van der Waals surface area contributed by atoms with Crippen molar-refractivity contribution in [2.24, 2.45) is 11.8 Å². The van der Waals surface area contributed by atoms with Gasteiger partial charge < -0.3 is 0 Å². The Labute approximate surface area is 115 Å². The first-order valence-electron chi connectivity index (χ1n) is 6.41. The molecule has 0 bridgehead atoms. The van der Waals surface area contributed by atoms with Crippen LogP contribution in [0.15, 0.2) is 24.3 Å². The Bertz CT molecular complexity index is 532. The number of rotatable bonds is 6. The molecule has 1 aromatic rings. The van der Waals surface area contributed by atoms with Gasteiger partial charge in [-0.25, -0.2) is 8.42 Å². The van der Waals surface area contributed by atoms with Gasteiger partial charge in [-0.05, 0) is 37.1 Å². The number of anilines is 1. The predicted octanol–water partition coefficient (Wildman–Crippen LogP) is 2.92. The second kappa shape index (κ2) is 6.19. The van der Waals surface area contributed by atoms with Crippen LogP contribution in [-0.2, 0) is 10.0 Å². The van der Waals surface area contributed by atoms with Crippen LogP contribution < -0.4 is 4.72 Å². The van der Waals surface area contributed by atoms with Gasteiger partial charge in [-0.1, -0.05) is 20.8 Å². The van der Waals surface area contributed by atoms with Crippen LogP contribution in [-0.4, -0.2) is 20.0 Å². The Kier molecular flexibility index (Phi) is 5.11. The quantitative estimate of drug-likeness (QED) is 0.816. The Hall–Kier alpha value is -1.36. The van der Waals surface area contributed by atoms with E-state index < -0.39 is 10.0 Å². The third kappa shape index (κ3) is 4.35. The molecule has 5 heteroatoms. The van der Waals surface area contributed by atoms with Gasteiger partial charge in [-0.15, -0.1) is 0 Å². The van der Waals surface area contributed by atoms with E-state index in [1.54, 1.807) is 31.2 Å². The van der Waals surface area contributed by atoms with Gasteiger partial charge in [0.05, 0.1) is 5.75 Å². The van der Waals surface area contributed by atoms with Crippen LogP contribution in [0.1, 0.15) is 38.1 Å². The molecule has 19 heavy (non-hydrogen) atoms. The molecule has 0 aliphatic heterocycles. The van der Waals surface area contributed by atoms with Gasteiger partial charge in [0.25, 0.3) is 0 Å². The summed E-state index contributed by atoms with van der Waals surface area (Å²) < 4.78 is 25.3. The van der Waals surface area contributed by atoms with Gasteiger partial charge in [0, 0.05) is 17.2 Å². The minimum absolute atomic E-state index is 0.0259. The zero-order chi connectivity index (χ0) is 14.6. The first-order valence-corrected chi connectivity index (χ1v) is 8.07. The molecule has 1 rings (SSSR count). The van der Waals surface area contributed by atoms with E-state index in [1.165, 1.54) is 0 Å². The molecule has 0 saturated carbocycles. The fraction of sp³-hybridized carbons (Fsp3) is 0.500. The van der Waals surface area contributed by atoms with E-state index in [9.17, 15) is 13.2 Å². The zero-order valence-electron chi connectivity index (χ0n) is 11.8. The highest BCUT2D eigenvalue weighted by Gasteiger charge is 2.18. The highest BCUT2D eigenvalue weighted by molar-refractivity contribution is 7.92. The number of sulfonamides is 1. The average Bonchev–Trinajstić information content (AvgIpc) is 2.37. The Morgan fingerprint density at radius 2 is 1.68 bits per heavy atom. The van der Waals surface area contributed by atoms with Gasteiger partial charge in [0.1, 0.15) is 0 Å². The fourth-order valence-corrected chi connectivity index (χ4v) is 2.16. The lowest BCUT2D eigenvalue weighted by molar-refractivity contribution is 0.0900. The molecule has 0 heterocycles. The molecule has 106 valence electrons. The Morgan fingerprint density at radius 1 is 1.16 bits per heavy atom. The van der Waals surface area contributed by atoms with Crippen LogP contribution in [0.2, 0.25) is 0 Å². The van der Waals surface area contributed by atoms with E-state index in [1.807, 2.05) is 20.8 Å². The van der Waals surface area contributed by atoms with Crippen LogP contribution in [0, 0.1) is 11.8 Å². The normalized spacial score (nSPS) is 13.3. The molecule has 1 N–H and O–H groups in total. The molecule has 0 aliphatic carbocycles. The van der Waals surface area contributed by atoms with Crippen LogP contribution in [0.25, 0.3) is 0 Å². The monoisotopic (exact) mass is 283 g/mol. The lowest BCUT2D eigenvalue weighted by atomic mass is 9.90. The van der Waals surface area contributed by atoms with Gasteiger partial charge in [0.15, 0.2) is 5.78 Å². The fourth-order valence-electron chi connectivity index (χ4n) is 1.52. The Morgan fingerprint density at radius 3 is 2.11 bits per heavy atom. The highest BCUT2D eigenvalue weighted by Crippen LogP contribution is 2.18. The van der Waals surface area contributed by atoms with E-state index in [4.69, 9.17) is 0 Å². The third-order valence-electron chi connectivity index (χ3n) is 3.24. The second-order valence-corrected chi connectivity index (χ2v) is 6.99. The van der Waals surface area contributed by atoms with Crippen molar-refractivity contribution in [2.75, 3.05) is 10.5 Å². The number of carbonyl (C=O) groups excluding carboxylic acids is 1. The van der Waals surface area contributed by atoms with Crippen LogP contribution in [0.5, 0.6) is 0 Å². The average molecular weight is 283 g/mol. The summed E-state index contributed by atoms with van der Waals surface area (Å²) in [6.45, 7) is 7.49. The van der Waals surface area contributed by atoms with Gasteiger partial charge >= 0.3 is 0 Å². The number of nitrogens with one attached hydrogen (secondary N) is 1. The minimum atomic E-state index is -3.27. The number of carbonyl (C=O) groups is 1. The molecular formula is C14H21NO3S. The van der Waals surface area contributed by atoms with Crippen molar-refractivity contribution < 1.29 is 13.2 Å². The highest BCUT2D eigenvalue weighted by atomic mass is 32.2. The molecule has 0 aliphatic rings. The van der Waals surface area contributed by atoms with Crippen molar-refractivity contribution in [3.8, 4) is 0 Å². The summed E-state index contributed by atoms with van der Waals surface area (Å²) >= 11 is 0. The molecule has 1 aromatic carbocycles. The minimum Gasteiger partial charge on any atom is -0.294 e. The number of hydrogen-bond acceptors (Lipinski definition) is 3. The van der Waals surface area contributed by atoms with Crippen molar-refractivity contribution in [2.45, 2.75) is 27.7 Å². The largest absolute Gasteiger partial charge is 0.294 e. The molecule has 1 unspecified atom stereocenters. The summed E-state index contributed by atoms with van der Waals surface area (Å²) in [4.78, 5) is 12.1. The van der Waals surface area contributed by atoms with Crippen LogP contribution >= 0.6 is 0 Å². The standard InChI is InChI=1S/C14H21NO3S/c1-5-19(17,18)15-13-8-6-12(7-9-13)14(16)11(4)10(2)3/h6-11,15H,5H2,1-4H3. The number of hydrogen-bond donors (Lipinski definition) is 1. The molecule has 0 amide bonds. The smallest absolute Gasteiger partial charge is 0.232 e. The zero-order valence-corrected chi connectivity index (χ0v) is 12.6. The molecule has 0 fully saturated rings. The molecule has 0 spiro atoms. The number of benzene rings is 1. The van der Waals surface area contributed by atoms with Crippen molar-refractivity contribution in [3.05, 3.63) is 29.8 Å². The van der Waals surface area contributed by atoms with Crippen molar-refractivity contribution in [3.63, 3.8) is 0 Å². The third-order valence-corrected chi connectivity index (χ3v) is 4.54. The number of ketones is 1. The second-order valence-electron chi connectivity index (χ2n) is 4.98. The lowest BCUT2D eigenvalue weighted by Crippen LogP contribution is -2.17.